The summed E-state index contributed by atoms with van der Waals surface area (Å²) in [6, 6.07) is 14.9. The first-order valence-electron chi connectivity index (χ1n) is 7.79. The van der Waals surface area contributed by atoms with Gasteiger partial charge in [-0.2, -0.15) is 0 Å². The number of hydrogen-bond donors (Lipinski definition) is 1. The van der Waals surface area contributed by atoms with Gasteiger partial charge < -0.3 is 15.0 Å². The van der Waals surface area contributed by atoms with Gasteiger partial charge in [0.1, 0.15) is 5.75 Å². The van der Waals surface area contributed by atoms with E-state index in [0.29, 0.717) is 11.4 Å². The van der Waals surface area contributed by atoms with Crippen LogP contribution in [0.25, 0.3) is 0 Å². The first-order chi connectivity index (χ1) is 11.5. The first kappa shape index (κ1) is 17.5. The highest BCUT2D eigenvalue weighted by Crippen LogP contribution is 2.28. The summed E-state index contributed by atoms with van der Waals surface area (Å²) < 4.78 is 5.30. The van der Waals surface area contributed by atoms with Gasteiger partial charge in [-0.05, 0) is 30.7 Å². The predicted octanol–water partition coefficient (Wildman–Crippen LogP) is 3.39. The fourth-order valence-corrected chi connectivity index (χ4v) is 2.44. The average molecular weight is 326 g/mol. The van der Waals surface area contributed by atoms with Crippen molar-refractivity contribution in [3.05, 3.63) is 54.1 Å². The Balaban J connectivity index is 2.05. The molecule has 0 saturated carbocycles. The number of ether oxygens (including phenoxy) is 1. The Hall–Kier alpha value is -2.82. The van der Waals surface area contributed by atoms with Gasteiger partial charge in [0, 0.05) is 25.6 Å². The van der Waals surface area contributed by atoms with Crippen LogP contribution in [0, 0.1) is 6.92 Å². The fraction of sp³-hybridized carbons (Fsp3) is 0.263. The number of para-hydroxylation sites is 3. The number of aryl methyl sites for hydroxylation is 1. The number of hydrogen-bond acceptors (Lipinski definition) is 3. The van der Waals surface area contributed by atoms with Crippen LogP contribution in [0.2, 0.25) is 0 Å². The van der Waals surface area contributed by atoms with Crippen molar-refractivity contribution in [2.45, 2.75) is 20.3 Å². The molecule has 0 spiro atoms. The number of rotatable bonds is 6. The molecule has 5 heteroatoms. The molecule has 2 aromatic carbocycles. The number of carbonyl (C=O) groups excluding carboxylic acids is 2. The molecule has 0 heterocycles. The van der Waals surface area contributed by atoms with Gasteiger partial charge in [-0.3, -0.25) is 9.59 Å². The van der Waals surface area contributed by atoms with E-state index in [2.05, 4.69) is 5.32 Å². The van der Waals surface area contributed by atoms with E-state index < -0.39 is 0 Å². The Labute approximate surface area is 142 Å². The van der Waals surface area contributed by atoms with Crippen molar-refractivity contribution in [2.24, 2.45) is 0 Å². The van der Waals surface area contributed by atoms with Gasteiger partial charge in [-0.15, -0.1) is 0 Å². The van der Waals surface area contributed by atoms with E-state index >= 15 is 0 Å². The summed E-state index contributed by atoms with van der Waals surface area (Å²) in [6.07, 6.45) is 0.200. The molecule has 5 nitrogen and oxygen atoms in total. The molecule has 126 valence electrons. The molecule has 1 N–H and O–H groups in total. The molecule has 2 rings (SSSR count). The number of nitrogens with one attached hydrogen (secondary N) is 1. The van der Waals surface area contributed by atoms with Crippen molar-refractivity contribution in [2.75, 3.05) is 23.9 Å². The van der Waals surface area contributed by atoms with Crippen LogP contribution in [0.1, 0.15) is 18.9 Å². The third-order valence-corrected chi connectivity index (χ3v) is 3.74. The minimum absolute atomic E-state index is 0.134. The molecule has 2 aromatic rings. The number of carbonyl (C=O) groups is 2. The van der Waals surface area contributed by atoms with E-state index in [9.17, 15) is 9.59 Å². The Morgan fingerprint density at radius 1 is 1.08 bits per heavy atom. The van der Waals surface area contributed by atoms with E-state index in [1.165, 1.54) is 6.92 Å². The average Bonchev–Trinajstić information content (AvgIpc) is 2.57. The summed E-state index contributed by atoms with van der Waals surface area (Å²) in [6.45, 7) is 3.70. The highest BCUT2D eigenvalue weighted by Gasteiger charge is 2.17. The maximum absolute atomic E-state index is 12.2. The largest absolute Gasteiger partial charge is 0.495 e. The third-order valence-electron chi connectivity index (χ3n) is 3.74. The Morgan fingerprint density at radius 2 is 1.75 bits per heavy atom. The van der Waals surface area contributed by atoms with Crippen molar-refractivity contribution in [1.29, 1.82) is 0 Å². The second-order valence-corrected chi connectivity index (χ2v) is 5.46. The monoisotopic (exact) mass is 326 g/mol. The van der Waals surface area contributed by atoms with Gasteiger partial charge in [0.15, 0.2) is 0 Å². The first-order valence-corrected chi connectivity index (χ1v) is 7.79. The van der Waals surface area contributed by atoms with E-state index in [1.54, 1.807) is 24.1 Å². The number of benzene rings is 2. The summed E-state index contributed by atoms with van der Waals surface area (Å²) >= 11 is 0. The minimum Gasteiger partial charge on any atom is -0.495 e. The normalized spacial score (nSPS) is 10.1. The van der Waals surface area contributed by atoms with Gasteiger partial charge in [-0.1, -0.05) is 30.3 Å². The maximum Gasteiger partial charge on any atom is 0.226 e. The fourth-order valence-electron chi connectivity index (χ4n) is 2.44. The Morgan fingerprint density at radius 3 is 2.42 bits per heavy atom. The van der Waals surface area contributed by atoms with Crippen LogP contribution < -0.4 is 15.0 Å². The van der Waals surface area contributed by atoms with Crippen LogP contribution >= 0.6 is 0 Å². The molecular weight excluding hydrogens is 304 g/mol. The Bertz CT molecular complexity index is 728. The van der Waals surface area contributed by atoms with Crippen LogP contribution in [0.4, 0.5) is 11.4 Å². The molecule has 0 bridgehead atoms. The van der Waals surface area contributed by atoms with E-state index in [4.69, 9.17) is 4.74 Å². The number of methoxy groups -OCH3 is 1. The zero-order valence-electron chi connectivity index (χ0n) is 14.2. The lowest BCUT2D eigenvalue weighted by molar-refractivity contribution is -0.117. The lowest BCUT2D eigenvalue weighted by Gasteiger charge is -2.23. The SMILES string of the molecule is COc1ccccc1N(CCC(=O)Nc1ccccc1C)C(C)=O. The zero-order valence-corrected chi connectivity index (χ0v) is 14.2. The number of nitrogens with zero attached hydrogens (tertiary/aromatic N) is 1. The number of anilines is 2. The van der Waals surface area contributed by atoms with Crippen LogP contribution in [-0.4, -0.2) is 25.5 Å². The van der Waals surface area contributed by atoms with Crippen LogP contribution in [0.5, 0.6) is 5.75 Å². The lowest BCUT2D eigenvalue weighted by Crippen LogP contribution is -2.32. The highest BCUT2D eigenvalue weighted by molar-refractivity contribution is 5.96. The van der Waals surface area contributed by atoms with Crippen molar-refractivity contribution in [3.8, 4) is 5.75 Å². The van der Waals surface area contributed by atoms with Crippen molar-refractivity contribution in [1.82, 2.24) is 0 Å². The maximum atomic E-state index is 12.2. The molecule has 0 aliphatic rings. The predicted molar refractivity (Wildman–Crippen MR) is 95.4 cm³/mol. The van der Waals surface area contributed by atoms with E-state index in [0.717, 1.165) is 11.3 Å². The van der Waals surface area contributed by atoms with Gasteiger partial charge >= 0.3 is 0 Å². The quantitative estimate of drug-likeness (QED) is 0.885. The van der Waals surface area contributed by atoms with Crippen LogP contribution in [0.15, 0.2) is 48.5 Å². The highest BCUT2D eigenvalue weighted by atomic mass is 16.5. The van der Waals surface area contributed by atoms with Gasteiger partial charge in [0.05, 0.1) is 12.8 Å². The summed E-state index contributed by atoms with van der Waals surface area (Å²) in [5.74, 6) is 0.334. The molecule has 0 unspecified atom stereocenters. The van der Waals surface area contributed by atoms with Crippen LogP contribution in [-0.2, 0) is 9.59 Å². The molecule has 24 heavy (non-hydrogen) atoms. The summed E-state index contributed by atoms with van der Waals surface area (Å²) in [7, 11) is 1.56. The molecule has 0 atom stereocenters. The van der Waals surface area contributed by atoms with E-state index in [1.807, 2.05) is 43.3 Å². The molecule has 0 aromatic heterocycles. The molecule has 2 amide bonds. The Kier molecular flexibility index (Phi) is 5.95. The molecular formula is C19H22N2O3. The van der Waals surface area contributed by atoms with Gasteiger partial charge in [0.2, 0.25) is 11.8 Å². The second-order valence-electron chi connectivity index (χ2n) is 5.46. The van der Waals surface area contributed by atoms with Crippen molar-refractivity contribution >= 4 is 23.2 Å². The van der Waals surface area contributed by atoms with Crippen molar-refractivity contribution < 1.29 is 14.3 Å². The zero-order chi connectivity index (χ0) is 17.5. The summed E-state index contributed by atoms with van der Waals surface area (Å²) in [4.78, 5) is 25.7. The minimum atomic E-state index is -0.136. The van der Waals surface area contributed by atoms with E-state index in [-0.39, 0.29) is 24.8 Å². The second kappa shape index (κ2) is 8.15. The standard InChI is InChI=1S/C19H22N2O3/c1-14-8-4-5-9-16(14)20-19(23)12-13-21(15(2)22)17-10-6-7-11-18(17)24-3/h4-11H,12-13H2,1-3H3,(H,20,23). The van der Waals surface area contributed by atoms with Gasteiger partial charge in [0.25, 0.3) is 0 Å². The van der Waals surface area contributed by atoms with Crippen LogP contribution in [0.3, 0.4) is 0 Å². The number of amides is 2. The third kappa shape index (κ3) is 4.35. The molecule has 0 aliphatic carbocycles. The van der Waals surface area contributed by atoms with Crippen molar-refractivity contribution in [3.63, 3.8) is 0 Å². The van der Waals surface area contributed by atoms with Gasteiger partial charge in [-0.25, -0.2) is 0 Å². The molecule has 0 radical (unpaired) electrons. The smallest absolute Gasteiger partial charge is 0.226 e. The lowest BCUT2D eigenvalue weighted by atomic mass is 10.2. The summed E-state index contributed by atoms with van der Waals surface area (Å²) in [5.41, 5.74) is 2.45. The molecule has 0 fully saturated rings. The molecule has 0 aliphatic heterocycles. The molecule has 0 saturated heterocycles. The topological polar surface area (TPSA) is 58.6 Å². The summed E-state index contributed by atoms with van der Waals surface area (Å²) in [5, 5.41) is 2.88.